The molecule has 0 heterocycles. The monoisotopic (exact) mass is 309 g/mol. The van der Waals surface area contributed by atoms with Gasteiger partial charge >= 0.3 is 0 Å². The van der Waals surface area contributed by atoms with E-state index in [0.717, 1.165) is 28.7 Å². The highest BCUT2D eigenvalue weighted by molar-refractivity contribution is 7.94. The third kappa shape index (κ3) is 3.08. The highest BCUT2D eigenvalue weighted by atomic mass is 32.2. The zero-order valence-corrected chi connectivity index (χ0v) is 12.6. The Kier molecular flexibility index (Phi) is 4.97. The number of aryl methyl sites for hydroxylation is 1. The van der Waals surface area contributed by atoms with E-state index in [9.17, 15) is 5.11 Å². The summed E-state index contributed by atoms with van der Waals surface area (Å²) in [4.78, 5) is 0.465. The van der Waals surface area contributed by atoms with Crippen LogP contribution in [0.1, 0.15) is 5.56 Å². The molecule has 7 nitrogen and oxygen atoms in total. The lowest BCUT2D eigenvalue weighted by Crippen LogP contribution is -1.92. The number of hydrogen-bond acceptors (Lipinski definition) is 8. The number of nitrogens with zero attached hydrogens (tertiary/aromatic N) is 2. The fourth-order valence-corrected chi connectivity index (χ4v) is 2.64. The van der Waals surface area contributed by atoms with E-state index < -0.39 is 0 Å². The van der Waals surface area contributed by atoms with Gasteiger partial charge < -0.3 is 10.4 Å². The van der Waals surface area contributed by atoms with Gasteiger partial charge in [-0.25, -0.2) is 5.26 Å². The molecule has 0 aromatic heterocycles. The van der Waals surface area contributed by atoms with Gasteiger partial charge in [-0.15, -0.1) is 4.33 Å². The molecule has 0 aliphatic rings. The summed E-state index contributed by atoms with van der Waals surface area (Å²) in [5.41, 5.74) is 2.06. The van der Waals surface area contributed by atoms with Gasteiger partial charge in [0.25, 0.3) is 0 Å². The lowest BCUT2D eigenvalue weighted by atomic mass is 10.0. The molecule has 21 heavy (non-hydrogen) atoms. The van der Waals surface area contributed by atoms with Crippen LogP contribution in [0.25, 0.3) is 10.8 Å². The molecule has 8 heteroatoms. The van der Waals surface area contributed by atoms with Crippen LogP contribution in [0.15, 0.2) is 33.3 Å². The minimum atomic E-state index is -0.0218. The van der Waals surface area contributed by atoms with Crippen LogP contribution in [-0.2, 0) is 9.37 Å². The topological polar surface area (TPSA) is 95.7 Å². The minimum absolute atomic E-state index is 0.0218. The van der Waals surface area contributed by atoms with Crippen molar-refractivity contribution in [2.75, 3.05) is 19.4 Å². The SMILES string of the molecule is CN=Nc1c(SOOO)cc2cc(C)cc(NC)c2c1O. The quantitative estimate of drug-likeness (QED) is 0.334. The number of anilines is 1. The lowest BCUT2D eigenvalue weighted by molar-refractivity contribution is -0.432. The summed E-state index contributed by atoms with van der Waals surface area (Å²) in [7, 11) is 3.27. The van der Waals surface area contributed by atoms with E-state index in [1.54, 1.807) is 13.1 Å². The Balaban J connectivity index is 2.76. The van der Waals surface area contributed by atoms with Crippen molar-refractivity contribution in [2.24, 2.45) is 10.2 Å². The van der Waals surface area contributed by atoms with Crippen LogP contribution in [0.5, 0.6) is 5.75 Å². The molecule has 0 bridgehead atoms. The maximum Gasteiger partial charge on any atom is 0.154 e. The van der Waals surface area contributed by atoms with Crippen molar-refractivity contribution in [1.82, 2.24) is 0 Å². The number of hydrogen-bond donors (Lipinski definition) is 3. The Hall–Kier alpha value is -1.87. The van der Waals surface area contributed by atoms with Crippen LogP contribution in [0, 0.1) is 6.92 Å². The molecule has 3 N–H and O–H groups in total. The maximum atomic E-state index is 10.5. The molecule has 0 saturated heterocycles. The Bertz CT molecular complexity index is 691. The number of nitrogens with one attached hydrogen (secondary N) is 1. The Morgan fingerprint density at radius 3 is 2.67 bits per heavy atom. The molecule has 2 rings (SSSR count). The standard InChI is InChI=1S/C13H15N3O4S/c1-7-4-8-6-10(21-20-19-18)12(16-15-3)13(17)11(8)9(5-7)14-2/h4-6,14,17-18H,1-3H3. The number of benzene rings is 2. The zero-order chi connectivity index (χ0) is 15.4. The average Bonchev–Trinajstić information content (AvgIpc) is 2.47. The summed E-state index contributed by atoms with van der Waals surface area (Å²) >= 11 is 0.729. The fourth-order valence-electron chi connectivity index (χ4n) is 2.15. The molecule has 0 spiro atoms. The van der Waals surface area contributed by atoms with Gasteiger partial charge in [0.15, 0.2) is 5.75 Å². The second-order valence-electron chi connectivity index (χ2n) is 4.26. The molecule has 0 aliphatic carbocycles. The smallest absolute Gasteiger partial charge is 0.154 e. The first kappa shape index (κ1) is 15.5. The fraction of sp³-hybridized carbons (Fsp3) is 0.231. The van der Waals surface area contributed by atoms with Gasteiger partial charge in [-0.2, -0.15) is 10.2 Å². The van der Waals surface area contributed by atoms with Crippen LogP contribution >= 0.6 is 12.0 Å². The molecule has 0 amide bonds. The van der Waals surface area contributed by atoms with Crippen LogP contribution in [0.4, 0.5) is 11.4 Å². The number of rotatable bonds is 5. The molecule has 2 aromatic rings. The maximum absolute atomic E-state index is 10.5. The van der Waals surface area contributed by atoms with Crippen molar-refractivity contribution < 1.29 is 19.7 Å². The zero-order valence-electron chi connectivity index (χ0n) is 11.7. The predicted molar refractivity (Wildman–Crippen MR) is 81.0 cm³/mol. The van der Waals surface area contributed by atoms with Crippen molar-refractivity contribution in [3.8, 4) is 5.75 Å². The average molecular weight is 309 g/mol. The molecule has 0 fully saturated rings. The Morgan fingerprint density at radius 1 is 1.29 bits per heavy atom. The van der Waals surface area contributed by atoms with Crippen molar-refractivity contribution in [1.29, 1.82) is 0 Å². The lowest BCUT2D eigenvalue weighted by Gasteiger charge is -2.13. The summed E-state index contributed by atoms with van der Waals surface area (Å²) in [5, 5.41) is 34.5. The van der Waals surface area contributed by atoms with E-state index >= 15 is 0 Å². The summed E-state index contributed by atoms with van der Waals surface area (Å²) in [6.07, 6.45) is 0. The first-order valence-corrected chi connectivity index (χ1v) is 6.79. The van der Waals surface area contributed by atoms with Crippen LogP contribution in [-0.4, -0.2) is 24.5 Å². The van der Waals surface area contributed by atoms with Gasteiger partial charge in [-0.1, -0.05) is 11.1 Å². The van der Waals surface area contributed by atoms with E-state index in [-0.39, 0.29) is 11.4 Å². The summed E-state index contributed by atoms with van der Waals surface area (Å²) in [5.74, 6) is -0.0218. The van der Waals surface area contributed by atoms with Gasteiger partial charge in [0.05, 0.1) is 16.9 Å². The first-order chi connectivity index (χ1) is 10.1. The molecule has 0 saturated carbocycles. The number of phenols is 1. The van der Waals surface area contributed by atoms with E-state index in [1.165, 1.54) is 7.05 Å². The second kappa shape index (κ2) is 6.72. The molecule has 0 aliphatic heterocycles. The first-order valence-electron chi connectivity index (χ1n) is 6.05. The number of fused-ring (bicyclic) bond motifs is 1. The van der Waals surface area contributed by atoms with E-state index in [1.807, 2.05) is 19.1 Å². The van der Waals surface area contributed by atoms with Gasteiger partial charge in [0.2, 0.25) is 0 Å². The molecule has 112 valence electrons. The third-order valence-corrected chi connectivity index (χ3v) is 3.54. The van der Waals surface area contributed by atoms with Gasteiger partial charge in [-0.05, 0) is 30.0 Å². The van der Waals surface area contributed by atoms with Gasteiger partial charge in [-0.3, -0.25) is 0 Å². The van der Waals surface area contributed by atoms with Crippen LogP contribution in [0.3, 0.4) is 0 Å². The Morgan fingerprint density at radius 2 is 2.05 bits per heavy atom. The number of azo groups is 1. The summed E-state index contributed by atoms with van der Waals surface area (Å²) < 4.78 is 4.44. The molecule has 2 aromatic carbocycles. The highest BCUT2D eigenvalue weighted by Crippen LogP contribution is 2.46. The predicted octanol–water partition coefficient (Wildman–Crippen LogP) is 4.04. The van der Waals surface area contributed by atoms with Crippen LogP contribution < -0.4 is 5.32 Å². The number of phenolic OH excluding ortho intramolecular Hbond substituents is 1. The van der Waals surface area contributed by atoms with Gasteiger partial charge in [0, 0.05) is 25.2 Å². The normalized spacial score (nSPS) is 11.4. The van der Waals surface area contributed by atoms with Crippen molar-refractivity contribution >= 4 is 34.2 Å². The van der Waals surface area contributed by atoms with Crippen molar-refractivity contribution in [3.63, 3.8) is 0 Å². The summed E-state index contributed by atoms with van der Waals surface area (Å²) in [6, 6.07) is 5.62. The van der Waals surface area contributed by atoms with E-state index in [2.05, 4.69) is 24.9 Å². The minimum Gasteiger partial charge on any atom is -0.505 e. The Labute approximate surface area is 125 Å². The highest BCUT2D eigenvalue weighted by Gasteiger charge is 2.17. The largest absolute Gasteiger partial charge is 0.505 e. The van der Waals surface area contributed by atoms with Crippen molar-refractivity contribution in [3.05, 3.63) is 23.8 Å². The van der Waals surface area contributed by atoms with E-state index in [0.29, 0.717) is 10.3 Å². The van der Waals surface area contributed by atoms with Gasteiger partial charge in [0.1, 0.15) is 5.69 Å². The molecule has 0 radical (unpaired) electrons. The van der Waals surface area contributed by atoms with Crippen molar-refractivity contribution in [2.45, 2.75) is 11.8 Å². The molecule has 0 unspecified atom stereocenters. The number of aromatic hydroxyl groups is 1. The van der Waals surface area contributed by atoms with Crippen LogP contribution in [0.2, 0.25) is 0 Å². The molecular weight excluding hydrogens is 294 g/mol. The molecule has 0 atom stereocenters. The third-order valence-electron chi connectivity index (χ3n) is 2.92. The summed E-state index contributed by atoms with van der Waals surface area (Å²) in [6.45, 7) is 1.96. The second-order valence-corrected chi connectivity index (χ2v) is 5.00. The van der Waals surface area contributed by atoms with E-state index in [4.69, 9.17) is 5.26 Å². The molecular formula is C13H15N3O4S.